The van der Waals surface area contributed by atoms with Gasteiger partial charge < -0.3 is 9.88 Å². The van der Waals surface area contributed by atoms with Gasteiger partial charge in [0.05, 0.1) is 5.69 Å². The molecule has 1 aliphatic rings. The number of hydrogen-bond donors (Lipinski definition) is 1. The second kappa shape index (κ2) is 6.76. The molecule has 0 spiro atoms. The minimum absolute atomic E-state index is 0.0374. The molecule has 128 valence electrons. The van der Waals surface area contributed by atoms with Crippen LogP contribution in [-0.2, 0) is 27.6 Å². The van der Waals surface area contributed by atoms with Gasteiger partial charge in [-0.2, -0.15) is 0 Å². The highest BCUT2D eigenvalue weighted by Crippen LogP contribution is 2.23. The highest BCUT2D eigenvalue weighted by atomic mass is 32.2. The van der Waals surface area contributed by atoms with Crippen LogP contribution in [0.1, 0.15) is 25.6 Å². The minimum Gasteiger partial charge on any atom is -0.334 e. The first kappa shape index (κ1) is 16.7. The molecule has 0 saturated heterocycles. The smallest absolute Gasteiger partial charge is 0.239 e. The number of carbonyl (C=O) groups excluding carboxylic acids is 1. The van der Waals surface area contributed by atoms with Crippen LogP contribution in [0.2, 0.25) is 0 Å². The third kappa shape index (κ3) is 3.84. The Hall–Kier alpha value is -2.15. The summed E-state index contributed by atoms with van der Waals surface area (Å²) in [5, 5.41) is 2.62. The van der Waals surface area contributed by atoms with E-state index in [1.54, 1.807) is 12.1 Å². The van der Waals surface area contributed by atoms with Crippen LogP contribution in [0.25, 0.3) is 11.3 Å². The Morgan fingerprint density at radius 3 is 2.67 bits per heavy atom. The van der Waals surface area contributed by atoms with Gasteiger partial charge in [-0.25, -0.2) is 13.4 Å². The number of nitrogens with zero attached hydrogens (tertiary/aromatic N) is 2. The topological polar surface area (TPSA) is 81.1 Å². The molecule has 0 atom stereocenters. The Labute approximate surface area is 141 Å². The van der Waals surface area contributed by atoms with Gasteiger partial charge in [-0.1, -0.05) is 19.1 Å². The molecule has 3 rings (SSSR count). The fourth-order valence-corrected chi connectivity index (χ4v) is 3.45. The predicted molar refractivity (Wildman–Crippen MR) is 93.6 cm³/mol. The quantitative estimate of drug-likeness (QED) is 0.899. The molecule has 1 aromatic carbocycles. The molecule has 24 heavy (non-hydrogen) atoms. The number of imidazole rings is 1. The van der Waals surface area contributed by atoms with Crippen LogP contribution in [0.15, 0.2) is 30.5 Å². The Bertz CT molecular complexity index is 815. The molecular formula is C17H21N3O3S. The maximum absolute atomic E-state index is 11.8. The number of sulfone groups is 1. The van der Waals surface area contributed by atoms with Crippen molar-refractivity contribution >= 4 is 21.4 Å². The van der Waals surface area contributed by atoms with Crippen LogP contribution in [0, 0.1) is 0 Å². The molecule has 2 heterocycles. The largest absolute Gasteiger partial charge is 0.334 e. The van der Waals surface area contributed by atoms with Crippen molar-refractivity contribution in [2.24, 2.45) is 0 Å². The number of hydrogen-bond acceptors (Lipinski definition) is 4. The van der Waals surface area contributed by atoms with Crippen molar-refractivity contribution in [2.75, 3.05) is 16.8 Å². The zero-order chi connectivity index (χ0) is 17.2. The van der Waals surface area contributed by atoms with Crippen molar-refractivity contribution in [3.8, 4) is 11.3 Å². The molecule has 0 radical (unpaired) electrons. The average Bonchev–Trinajstić information content (AvgIpc) is 2.99. The fourth-order valence-electron chi connectivity index (χ4n) is 2.77. The summed E-state index contributed by atoms with van der Waals surface area (Å²) < 4.78 is 25.1. The highest BCUT2D eigenvalue weighted by molar-refractivity contribution is 7.92. The van der Waals surface area contributed by atoms with E-state index in [9.17, 15) is 13.2 Å². The fraction of sp³-hybridized carbons (Fsp3) is 0.412. The average molecular weight is 347 g/mol. The van der Waals surface area contributed by atoms with Crippen LogP contribution >= 0.6 is 0 Å². The molecule has 6 nitrogen and oxygen atoms in total. The van der Waals surface area contributed by atoms with E-state index in [1.807, 2.05) is 12.1 Å². The summed E-state index contributed by atoms with van der Waals surface area (Å²) in [6.07, 6.45) is 5.45. The number of carbonyl (C=O) groups is 1. The Kier molecular flexibility index (Phi) is 4.71. The number of amides is 1. The number of anilines is 1. The number of aryl methyl sites for hydroxylation is 2. The van der Waals surface area contributed by atoms with Crippen molar-refractivity contribution < 1.29 is 13.2 Å². The lowest BCUT2D eigenvalue weighted by Gasteiger charge is -2.11. The summed E-state index contributed by atoms with van der Waals surface area (Å²) in [4.78, 5) is 16.4. The standard InChI is InChI=1S/C17H21N3O3S/c1-2-24(22,23)12-17(21)18-14-8-6-13(7-9-14)15-11-20-10-4-3-5-16(20)19-15/h6-9,11H,2-5,10,12H2,1H3,(H,18,21). The summed E-state index contributed by atoms with van der Waals surface area (Å²) in [5.41, 5.74) is 2.49. The van der Waals surface area contributed by atoms with Crippen LogP contribution in [0.5, 0.6) is 0 Å². The van der Waals surface area contributed by atoms with E-state index in [2.05, 4.69) is 21.1 Å². The van der Waals surface area contributed by atoms with Gasteiger partial charge in [0.1, 0.15) is 11.6 Å². The number of rotatable bonds is 5. The monoisotopic (exact) mass is 347 g/mol. The first-order valence-corrected chi connectivity index (χ1v) is 9.96. The van der Waals surface area contributed by atoms with E-state index in [4.69, 9.17) is 0 Å². The number of fused-ring (bicyclic) bond motifs is 1. The van der Waals surface area contributed by atoms with E-state index in [0.717, 1.165) is 30.0 Å². The minimum atomic E-state index is -3.32. The molecule has 2 aromatic rings. The molecule has 1 aromatic heterocycles. The van der Waals surface area contributed by atoms with Crippen molar-refractivity contribution in [3.63, 3.8) is 0 Å². The van der Waals surface area contributed by atoms with Crippen LogP contribution in [0.3, 0.4) is 0 Å². The summed E-state index contributed by atoms with van der Waals surface area (Å²) in [6, 6.07) is 7.31. The van der Waals surface area contributed by atoms with Crippen molar-refractivity contribution in [3.05, 3.63) is 36.3 Å². The van der Waals surface area contributed by atoms with Gasteiger partial charge in [0.15, 0.2) is 9.84 Å². The molecule has 0 saturated carbocycles. The molecule has 1 N–H and O–H groups in total. The second-order valence-electron chi connectivity index (χ2n) is 5.99. The van der Waals surface area contributed by atoms with Gasteiger partial charge in [0, 0.05) is 36.2 Å². The maximum Gasteiger partial charge on any atom is 0.239 e. The van der Waals surface area contributed by atoms with Gasteiger partial charge in [0.25, 0.3) is 0 Å². The highest BCUT2D eigenvalue weighted by Gasteiger charge is 2.15. The maximum atomic E-state index is 11.8. The first-order valence-electron chi connectivity index (χ1n) is 8.13. The van der Waals surface area contributed by atoms with E-state index < -0.39 is 21.5 Å². The Balaban J connectivity index is 1.69. The molecule has 1 amide bonds. The third-order valence-corrected chi connectivity index (χ3v) is 5.75. The lowest BCUT2D eigenvalue weighted by Crippen LogP contribution is -2.23. The second-order valence-corrected chi connectivity index (χ2v) is 8.35. The van der Waals surface area contributed by atoms with Crippen molar-refractivity contribution in [2.45, 2.75) is 32.7 Å². The molecule has 7 heteroatoms. The Morgan fingerprint density at radius 1 is 1.25 bits per heavy atom. The molecule has 0 aliphatic carbocycles. The van der Waals surface area contributed by atoms with Crippen LogP contribution in [0.4, 0.5) is 5.69 Å². The first-order chi connectivity index (χ1) is 11.5. The van der Waals surface area contributed by atoms with Crippen LogP contribution in [-0.4, -0.2) is 35.4 Å². The molecule has 0 unspecified atom stereocenters. The summed E-state index contributed by atoms with van der Waals surface area (Å²) in [6.45, 7) is 2.55. The van der Waals surface area contributed by atoms with Gasteiger partial charge in [-0.05, 0) is 25.0 Å². The van der Waals surface area contributed by atoms with Crippen molar-refractivity contribution in [1.82, 2.24) is 9.55 Å². The van der Waals surface area contributed by atoms with E-state index in [0.29, 0.717) is 5.69 Å². The molecule has 1 aliphatic heterocycles. The van der Waals surface area contributed by atoms with Gasteiger partial charge >= 0.3 is 0 Å². The van der Waals surface area contributed by atoms with Crippen molar-refractivity contribution in [1.29, 1.82) is 0 Å². The normalized spacial score (nSPS) is 14.2. The van der Waals surface area contributed by atoms with Gasteiger partial charge in [-0.15, -0.1) is 0 Å². The van der Waals surface area contributed by atoms with Gasteiger partial charge in [-0.3, -0.25) is 4.79 Å². The van der Waals surface area contributed by atoms with E-state index >= 15 is 0 Å². The summed E-state index contributed by atoms with van der Waals surface area (Å²) >= 11 is 0. The molecule has 0 fully saturated rings. The molecular weight excluding hydrogens is 326 g/mol. The number of aromatic nitrogens is 2. The van der Waals surface area contributed by atoms with E-state index in [-0.39, 0.29) is 5.75 Å². The lowest BCUT2D eigenvalue weighted by molar-refractivity contribution is -0.113. The zero-order valence-electron chi connectivity index (χ0n) is 13.7. The van der Waals surface area contributed by atoms with Crippen LogP contribution < -0.4 is 5.32 Å². The number of benzene rings is 1. The zero-order valence-corrected chi connectivity index (χ0v) is 14.5. The summed E-state index contributed by atoms with van der Waals surface area (Å²) in [7, 11) is -3.32. The predicted octanol–water partition coefficient (Wildman–Crippen LogP) is 2.26. The lowest BCUT2D eigenvalue weighted by atomic mass is 10.1. The van der Waals surface area contributed by atoms with Gasteiger partial charge in [0.2, 0.25) is 5.91 Å². The SMILES string of the molecule is CCS(=O)(=O)CC(=O)Nc1ccc(-c2cn3c(n2)CCCC3)cc1. The number of nitrogens with one attached hydrogen (secondary N) is 1. The summed E-state index contributed by atoms with van der Waals surface area (Å²) in [5.74, 6) is 0.0871. The molecule has 0 bridgehead atoms. The van der Waals surface area contributed by atoms with E-state index in [1.165, 1.54) is 19.8 Å². The third-order valence-electron chi connectivity index (χ3n) is 4.16. The Morgan fingerprint density at radius 2 is 2.00 bits per heavy atom.